The van der Waals surface area contributed by atoms with Crippen LogP contribution >= 0.6 is 0 Å². The number of para-hydroxylation sites is 1. The van der Waals surface area contributed by atoms with Crippen LogP contribution in [0.15, 0.2) is 42.5 Å². The van der Waals surface area contributed by atoms with Gasteiger partial charge in [-0.25, -0.2) is 0 Å². The minimum atomic E-state index is 0.169. The van der Waals surface area contributed by atoms with Gasteiger partial charge in [0.05, 0.1) is 14.2 Å². The number of nitrogen functional groups attached to an aromatic ring is 1. The van der Waals surface area contributed by atoms with E-state index >= 15 is 0 Å². The summed E-state index contributed by atoms with van der Waals surface area (Å²) < 4.78 is 17.0. The van der Waals surface area contributed by atoms with Crippen molar-refractivity contribution >= 4 is 5.69 Å². The lowest BCUT2D eigenvalue weighted by atomic mass is 10.1. The number of hydrogen-bond donors (Lipinski definition) is 1. The van der Waals surface area contributed by atoms with Crippen molar-refractivity contribution in [3.05, 3.63) is 48.0 Å². The number of likely N-dealkylation sites (tertiary alicyclic amines) is 1. The Morgan fingerprint density at radius 3 is 2.24 bits per heavy atom. The molecule has 0 spiro atoms. The lowest BCUT2D eigenvalue weighted by Crippen LogP contribution is -2.37. The van der Waals surface area contributed by atoms with Gasteiger partial charge in [0.1, 0.15) is 6.10 Å². The highest BCUT2D eigenvalue weighted by molar-refractivity contribution is 5.51. The van der Waals surface area contributed by atoms with Crippen LogP contribution in [0.25, 0.3) is 0 Å². The van der Waals surface area contributed by atoms with Crippen molar-refractivity contribution < 1.29 is 14.2 Å². The second-order valence-electron chi connectivity index (χ2n) is 6.33. The van der Waals surface area contributed by atoms with Gasteiger partial charge in [-0.2, -0.15) is 0 Å². The number of piperidine rings is 1. The van der Waals surface area contributed by atoms with Crippen LogP contribution in [0.4, 0.5) is 5.69 Å². The highest BCUT2D eigenvalue weighted by Gasteiger charge is 2.23. The summed E-state index contributed by atoms with van der Waals surface area (Å²) in [6, 6.07) is 13.8. The maximum Gasteiger partial charge on any atom is 0.203 e. The molecule has 0 amide bonds. The van der Waals surface area contributed by atoms with Crippen molar-refractivity contribution in [3.63, 3.8) is 0 Å². The Labute approximate surface area is 149 Å². The molecule has 0 aliphatic carbocycles. The van der Waals surface area contributed by atoms with E-state index in [1.807, 2.05) is 36.4 Å². The predicted octanol–water partition coefficient (Wildman–Crippen LogP) is 3.33. The third kappa shape index (κ3) is 4.37. The van der Waals surface area contributed by atoms with E-state index in [1.165, 1.54) is 5.56 Å². The minimum Gasteiger partial charge on any atom is -0.493 e. The van der Waals surface area contributed by atoms with Crippen LogP contribution in [-0.4, -0.2) is 38.3 Å². The van der Waals surface area contributed by atoms with Crippen LogP contribution in [0.3, 0.4) is 0 Å². The molecule has 5 heteroatoms. The summed E-state index contributed by atoms with van der Waals surface area (Å²) >= 11 is 0. The standard InChI is InChI=1S/C20H26N2O3/c1-23-18-7-4-8-19(24-2)20(18)25-17-9-11-22(12-10-17)14-15-5-3-6-16(21)13-15/h3-8,13,17H,9-12,14,21H2,1-2H3. The third-order valence-corrected chi connectivity index (χ3v) is 4.56. The van der Waals surface area contributed by atoms with Crippen molar-refractivity contribution in [1.82, 2.24) is 4.90 Å². The van der Waals surface area contributed by atoms with Crippen molar-refractivity contribution in [3.8, 4) is 17.2 Å². The quantitative estimate of drug-likeness (QED) is 0.816. The summed E-state index contributed by atoms with van der Waals surface area (Å²) in [6.07, 6.45) is 2.12. The van der Waals surface area contributed by atoms with Crippen molar-refractivity contribution in [2.45, 2.75) is 25.5 Å². The molecule has 2 N–H and O–H groups in total. The summed E-state index contributed by atoms with van der Waals surface area (Å²) in [5.74, 6) is 2.12. The largest absolute Gasteiger partial charge is 0.493 e. The molecule has 0 atom stereocenters. The van der Waals surface area contributed by atoms with E-state index in [4.69, 9.17) is 19.9 Å². The van der Waals surface area contributed by atoms with Crippen LogP contribution < -0.4 is 19.9 Å². The molecule has 1 saturated heterocycles. The zero-order valence-electron chi connectivity index (χ0n) is 14.9. The molecule has 0 unspecified atom stereocenters. The Morgan fingerprint density at radius 1 is 1.00 bits per heavy atom. The van der Waals surface area contributed by atoms with Gasteiger partial charge in [-0.1, -0.05) is 18.2 Å². The van der Waals surface area contributed by atoms with E-state index in [0.29, 0.717) is 17.2 Å². The van der Waals surface area contributed by atoms with E-state index in [9.17, 15) is 0 Å². The molecule has 1 aliphatic rings. The Kier molecular flexibility index (Phi) is 5.66. The summed E-state index contributed by atoms with van der Waals surface area (Å²) in [7, 11) is 3.30. The Bertz CT molecular complexity index is 675. The molecule has 0 radical (unpaired) electrons. The molecule has 1 heterocycles. The molecule has 1 aliphatic heterocycles. The molecule has 1 fully saturated rings. The number of rotatable bonds is 6. The molecule has 0 saturated carbocycles. The first-order valence-electron chi connectivity index (χ1n) is 8.64. The summed E-state index contributed by atoms with van der Waals surface area (Å²) in [6.45, 7) is 2.92. The molecule has 2 aromatic rings. The summed E-state index contributed by atoms with van der Waals surface area (Å²) in [5, 5.41) is 0. The average Bonchev–Trinajstić information content (AvgIpc) is 2.63. The van der Waals surface area contributed by atoms with Crippen molar-refractivity contribution in [1.29, 1.82) is 0 Å². The highest BCUT2D eigenvalue weighted by Crippen LogP contribution is 2.38. The van der Waals surface area contributed by atoms with Crippen LogP contribution in [0, 0.1) is 0 Å². The molecule has 134 valence electrons. The van der Waals surface area contributed by atoms with Gasteiger partial charge < -0.3 is 19.9 Å². The lowest BCUT2D eigenvalue weighted by Gasteiger charge is -2.32. The van der Waals surface area contributed by atoms with E-state index in [1.54, 1.807) is 14.2 Å². The van der Waals surface area contributed by atoms with Gasteiger partial charge in [0, 0.05) is 25.3 Å². The molecule has 25 heavy (non-hydrogen) atoms. The fourth-order valence-corrected chi connectivity index (χ4v) is 3.23. The summed E-state index contributed by atoms with van der Waals surface area (Å²) in [4.78, 5) is 2.44. The first kappa shape index (κ1) is 17.4. The van der Waals surface area contributed by atoms with Crippen LogP contribution in [0.1, 0.15) is 18.4 Å². The van der Waals surface area contributed by atoms with Crippen LogP contribution in [0.2, 0.25) is 0 Å². The van der Waals surface area contributed by atoms with Gasteiger partial charge in [-0.3, -0.25) is 4.90 Å². The number of hydrogen-bond acceptors (Lipinski definition) is 5. The first-order valence-corrected chi connectivity index (χ1v) is 8.64. The second kappa shape index (κ2) is 8.12. The number of ether oxygens (including phenoxy) is 3. The first-order chi connectivity index (χ1) is 12.2. The fraction of sp³-hybridized carbons (Fsp3) is 0.400. The van der Waals surface area contributed by atoms with E-state index in [0.717, 1.165) is 38.2 Å². The smallest absolute Gasteiger partial charge is 0.203 e. The van der Waals surface area contributed by atoms with Crippen LogP contribution in [0.5, 0.6) is 17.2 Å². The lowest BCUT2D eigenvalue weighted by molar-refractivity contribution is 0.0917. The van der Waals surface area contributed by atoms with Gasteiger partial charge in [0.15, 0.2) is 11.5 Å². The molecular weight excluding hydrogens is 316 g/mol. The normalized spacial score (nSPS) is 15.8. The number of anilines is 1. The highest BCUT2D eigenvalue weighted by atomic mass is 16.5. The number of benzene rings is 2. The molecular formula is C20H26N2O3. The Morgan fingerprint density at radius 2 is 1.64 bits per heavy atom. The molecule has 3 rings (SSSR count). The maximum absolute atomic E-state index is 6.22. The Balaban J connectivity index is 1.58. The molecule has 2 aromatic carbocycles. The van der Waals surface area contributed by atoms with E-state index in [2.05, 4.69) is 11.0 Å². The maximum atomic E-state index is 6.22. The zero-order valence-corrected chi connectivity index (χ0v) is 14.9. The van der Waals surface area contributed by atoms with Gasteiger partial charge in [-0.15, -0.1) is 0 Å². The molecule has 0 bridgehead atoms. The van der Waals surface area contributed by atoms with Gasteiger partial charge in [-0.05, 0) is 42.7 Å². The topological polar surface area (TPSA) is 57.0 Å². The van der Waals surface area contributed by atoms with Crippen molar-refractivity contribution in [2.75, 3.05) is 33.0 Å². The molecule has 0 aromatic heterocycles. The number of methoxy groups -OCH3 is 2. The molecule has 5 nitrogen and oxygen atoms in total. The predicted molar refractivity (Wildman–Crippen MR) is 99.3 cm³/mol. The SMILES string of the molecule is COc1cccc(OC)c1OC1CCN(Cc2cccc(N)c2)CC1. The van der Waals surface area contributed by atoms with E-state index < -0.39 is 0 Å². The monoisotopic (exact) mass is 342 g/mol. The number of nitrogens with two attached hydrogens (primary N) is 1. The average molecular weight is 342 g/mol. The van der Waals surface area contributed by atoms with Gasteiger partial charge >= 0.3 is 0 Å². The third-order valence-electron chi connectivity index (χ3n) is 4.56. The fourth-order valence-electron chi connectivity index (χ4n) is 3.23. The van der Waals surface area contributed by atoms with E-state index in [-0.39, 0.29) is 6.10 Å². The van der Waals surface area contributed by atoms with Crippen molar-refractivity contribution in [2.24, 2.45) is 0 Å². The van der Waals surface area contributed by atoms with Gasteiger partial charge in [0.25, 0.3) is 0 Å². The minimum absolute atomic E-state index is 0.169. The Hall–Kier alpha value is -2.40. The van der Waals surface area contributed by atoms with Gasteiger partial charge in [0.2, 0.25) is 5.75 Å². The zero-order chi connectivity index (χ0) is 17.6. The second-order valence-corrected chi connectivity index (χ2v) is 6.33. The number of nitrogens with zero attached hydrogens (tertiary/aromatic N) is 1. The summed E-state index contributed by atoms with van der Waals surface area (Å²) in [5.41, 5.74) is 7.94. The van der Waals surface area contributed by atoms with Crippen LogP contribution in [-0.2, 0) is 6.54 Å².